The Morgan fingerprint density at radius 3 is 2.56 bits per heavy atom. The number of ketones is 1. The van der Waals surface area contributed by atoms with Crippen molar-refractivity contribution in [3.05, 3.63) is 29.8 Å². The molecule has 0 aromatic heterocycles. The Balaban J connectivity index is 1.97. The Hall–Kier alpha value is -1.71. The number of hydrogen-bond acceptors (Lipinski definition) is 6. The summed E-state index contributed by atoms with van der Waals surface area (Å²) in [6.07, 6.45) is 0. The standard InChI is InChI=1S/C16H18N2O5S2/c1-10(19)11-3-5-12(6-4-11)18-13-8-25(21,22)9-14(13)24-16(18)17-15(20)7-23-2/h3-6,13-14H,7-9H2,1-2H3/t13-,14+/m1/s1. The highest BCUT2D eigenvalue weighted by molar-refractivity contribution is 8.16. The topological polar surface area (TPSA) is 93.1 Å². The maximum atomic E-state index is 12.0. The number of ether oxygens (including phenoxy) is 1. The summed E-state index contributed by atoms with van der Waals surface area (Å²) in [4.78, 5) is 29.2. The van der Waals surface area contributed by atoms with Gasteiger partial charge in [0, 0.05) is 23.6 Å². The lowest BCUT2D eigenvalue weighted by molar-refractivity contribution is -0.121. The third kappa shape index (κ3) is 3.78. The van der Waals surface area contributed by atoms with E-state index in [1.807, 2.05) is 0 Å². The number of aliphatic imine (C=N–C) groups is 1. The molecule has 7 nitrogen and oxygen atoms in total. The summed E-state index contributed by atoms with van der Waals surface area (Å²) in [5.74, 6) is -0.371. The number of benzene rings is 1. The lowest BCUT2D eigenvalue weighted by Gasteiger charge is -2.24. The van der Waals surface area contributed by atoms with Crippen LogP contribution in [0.5, 0.6) is 0 Å². The number of nitrogens with zero attached hydrogens (tertiary/aromatic N) is 2. The summed E-state index contributed by atoms with van der Waals surface area (Å²) in [5, 5.41) is 0.314. The molecule has 3 rings (SSSR count). The van der Waals surface area contributed by atoms with Crippen molar-refractivity contribution in [3.8, 4) is 0 Å². The Labute approximate surface area is 150 Å². The number of sulfone groups is 1. The van der Waals surface area contributed by atoms with E-state index < -0.39 is 15.7 Å². The van der Waals surface area contributed by atoms with Crippen LogP contribution in [0.4, 0.5) is 5.69 Å². The molecule has 2 fully saturated rings. The SMILES string of the molecule is COCC(=O)N=C1S[C@H]2CS(=O)(=O)C[C@H]2N1c1ccc(C(C)=O)cc1. The van der Waals surface area contributed by atoms with E-state index in [0.29, 0.717) is 16.4 Å². The Morgan fingerprint density at radius 1 is 1.28 bits per heavy atom. The summed E-state index contributed by atoms with van der Waals surface area (Å²) in [5.41, 5.74) is 1.28. The molecule has 2 aliphatic heterocycles. The predicted octanol–water partition coefficient (Wildman–Crippen LogP) is 1.14. The van der Waals surface area contributed by atoms with Crippen molar-refractivity contribution in [2.24, 2.45) is 4.99 Å². The van der Waals surface area contributed by atoms with E-state index in [9.17, 15) is 18.0 Å². The fraction of sp³-hybridized carbons (Fsp3) is 0.438. The molecule has 0 radical (unpaired) electrons. The molecule has 2 heterocycles. The van der Waals surface area contributed by atoms with E-state index >= 15 is 0 Å². The van der Waals surface area contributed by atoms with Crippen LogP contribution in [0.1, 0.15) is 17.3 Å². The Bertz CT molecular complexity index is 833. The first-order chi connectivity index (χ1) is 11.8. The number of carbonyl (C=O) groups is 2. The third-order valence-corrected chi connectivity index (χ3v) is 7.32. The summed E-state index contributed by atoms with van der Waals surface area (Å²) in [7, 11) is -1.70. The predicted molar refractivity (Wildman–Crippen MR) is 97.1 cm³/mol. The second-order valence-electron chi connectivity index (χ2n) is 5.99. The van der Waals surface area contributed by atoms with E-state index in [0.717, 1.165) is 0 Å². The van der Waals surface area contributed by atoms with Crippen molar-refractivity contribution in [1.82, 2.24) is 0 Å². The number of methoxy groups -OCH3 is 1. The van der Waals surface area contributed by atoms with Crippen molar-refractivity contribution >= 4 is 44.1 Å². The molecule has 0 N–H and O–H groups in total. The third-order valence-electron chi connectivity index (χ3n) is 4.11. The normalized spacial score (nSPS) is 26.0. The molecule has 1 aromatic rings. The van der Waals surface area contributed by atoms with Crippen LogP contribution in [0.2, 0.25) is 0 Å². The van der Waals surface area contributed by atoms with Gasteiger partial charge in [-0.15, -0.1) is 0 Å². The van der Waals surface area contributed by atoms with Crippen LogP contribution in [-0.2, 0) is 19.4 Å². The number of fused-ring (bicyclic) bond motifs is 1. The van der Waals surface area contributed by atoms with E-state index in [1.165, 1.54) is 25.8 Å². The highest BCUT2D eigenvalue weighted by atomic mass is 32.2. The van der Waals surface area contributed by atoms with Gasteiger partial charge in [0.1, 0.15) is 6.61 Å². The zero-order valence-corrected chi connectivity index (χ0v) is 15.5. The van der Waals surface area contributed by atoms with Gasteiger partial charge in [-0.3, -0.25) is 9.59 Å². The lowest BCUT2D eigenvalue weighted by Crippen LogP contribution is -2.37. The molecular weight excluding hydrogens is 364 g/mol. The number of carbonyl (C=O) groups excluding carboxylic acids is 2. The van der Waals surface area contributed by atoms with Crippen LogP contribution in [0.3, 0.4) is 0 Å². The largest absolute Gasteiger partial charge is 0.375 e. The number of anilines is 1. The van der Waals surface area contributed by atoms with Crippen LogP contribution in [-0.4, -0.2) is 61.8 Å². The van der Waals surface area contributed by atoms with Crippen molar-refractivity contribution in [2.45, 2.75) is 18.2 Å². The molecule has 2 atom stereocenters. The molecule has 25 heavy (non-hydrogen) atoms. The van der Waals surface area contributed by atoms with Gasteiger partial charge in [-0.1, -0.05) is 11.8 Å². The maximum absolute atomic E-state index is 12.0. The average molecular weight is 382 g/mol. The number of amides is 1. The van der Waals surface area contributed by atoms with E-state index in [4.69, 9.17) is 4.74 Å². The second-order valence-corrected chi connectivity index (χ2v) is 9.35. The zero-order chi connectivity index (χ0) is 18.2. The number of rotatable bonds is 4. The Morgan fingerprint density at radius 2 is 1.96 bits per heavy atom. The molecule has 0 bridgehead atoms. The quantitative estimate of drug-likeness (QED) is 0.721. The molecule has 1 aromatic carbocycles. The van der Waals surface area contributed by atoms with Gasteiger partial charge < -0.3 is 9.64 Å². The van der Waals surface area contributed by atoms with Gasteiger partial charge in [-0.05, 0) is 31.2 Å². The molecule has 2 saturated heterocycles. The number of hydrogen-bond donors (Lipinski definition) is 0. The first-order valence-corrected chi connectivity index (χ1v) is 10.4. The van der Waals surface area contributed by atoms with Gasteiger partial charge >= 0.3 is 0 Å². The van der Waals surface area contributed by atoms with Crippen molar-refractivity contribution in [2.75, 3.05) is 30.1 Å². The van der Waals surface area contributed by atoms with E-state index in [1.54, 1.807) is 29.2 Å². The van der Waals surface area contributed by atoms with E-state index in [-0.39, 0.29) is 35.2 Å². The van der Waals surface area contributed by atoms with Crippen molar-refractivity contribution in [3.63, 3.8) is 0 Å². The molecule has 0 unspecified atom stereocenters. The molecule has 0 spiro atoms. The van der Waals surface area contributed by atoms with Crippen molar-refractivity contribution in [1.29, 1.82) is 0 Å². The molecular formula is C16H18N2O5S2. The van der Waals surface area contributed by atoms with Crippen LogP contribution in [0.25, 0.3) is 0 Å². The molecule has 9 heteroatoms. The minimum absolute atomic E-state index is 0.0244. The van der Waals surface area contributed by atoms with Crippen LogP contribution < -0.4 is 4.90 Å². The number of thioether (sulfide) groups is 1. The van der Waals surface area contributed by atoms with Gasteiger partial charge in [0.05, 0.1) is 17.5 Å². The summed E-state index contributed by atoms with van der Waals surface area (Å²) in [6, 6.07) is 6.61. The number of amidine groups is 1. The van der Waals surface area contributed by atoms with Gasteiger partial charge in [0.15, 0.2) is 20.8 Å². The van der Waals surface area contributed by atoms with Gasteiger partial charge in [0.25, 0.3) is 5.91 Å². The number of Topliss-reactive ketones (excluding diaryl/α,β-unsaturated/α-hetero) is 1. The van der Waals surface area contributed by atoms with Gasteiger partial charge in [-0.25, -0.2) is 8.42 Å². The summed E-state index contributed by atoms with van der Waals surface area (Å²) < 4.78 is 28.8. The summed E-state index contributed by atoms with van der Waals surface area (Å²) in [6.45, 7) is 1.35. The lowest BCUT2D eigenvalue weighted by atomic mass is 10.1. The molecule has 0 aliphatic carbocycles. The molecule has 2 aliphatic rings. The molecule has 134 valence electrons. The average Bonchev–Trinajstić information content (AvgIpc) is 2.98. The van der Waals surface area contributed by atoms with Crippen LogP contribution in [0.15, 0.2) is 29.3 Å². The molecule has 0 saturated carbocycles. The highest BCUT2D eigenvalue weighted by Crippen LogP contribution is 2.40. The maximum Gasteiger partial charge on any atom is 0.274 e. The van der Waals surface area contributed by atoms with Gasteiger partial charge in [-0.2, -0.15) is 4.99 Å². The van der Waals surface area contributed by atoms with Crippen LogP contribution in [0, 0.1) is 0 Å². The fourth-order valence-electron chi connectivity index (χ4n) is 2.99. The van der Waals surface area contributed by atoms with Crippen molar-refractivity contribution < 1.29 is 22.7 Å². The first kappa shape index (κ1) is 18.1. The fourth-order valence-corrected chi connectivity index (χ4v) is 6.92. The minimum Gasteiger partial charge on any atom is -0.375 e. The van der Waals surface area contributed by atoms with Crippen LogP contribution >= 0.6 is 11.8 Å². The summed E-state index contributed by atoms with van der Waals surface area (Å²) >= 11 is 1.30. The second kappa shape index (κ2) is 6.89. The smallest absolute Gasteiger partial charge is 0.274 e. The monoisotopic (exact) mass is 382 g/mol. The Kier molecular flexibility index (Phi) is 4.99. The zero-order valence-electron chi connectivity index (χ0n) is 13.8. The highest BCUT2D eigenvalue weighted by Gasteiger charge is 2.49. The minimum atomic E-state index is -3.11. The van der Waals surface area contributed by atoms with Gasteiger partial charge in [0.2, 0.25) is 0 Å². The van der Waals surface area contributed by atoms with E-state index in [2.05, 4.69) is 4.99 Å². The first-order valence-electron chi connectivity index (χ1n) is 7.68. The molecule has 1 amide bonds.